The average Bonchev–Trinajstić information content (AvgIpc) is 3.11. The third-order valence-corrected chi connectivity index (χ3v) is 4.66. The number of carbonyl (C=O) groups is 1. The minimum Gasteiger partial charge on any atom is -0.340 e. The van der Waals surface area contributed by atoms with E-state index in [9.17, 15) is 4.79 Å². The molecule has 5 heteroatoms. The Morgan fingerprint density at radius 1 is 1.36 bits per heavy atom. The van der Waals surface area contributed by atoms with Crippen LogP contribution in [0, 0.1) is 0 Å². The number of nitrogens with one attached hydrogen (secondary N) is 1. The van der Waals surface area contributed by atoms with Crippen molar-refractivity contribution in [2.75, 3.05) is 26.7 Å². The fourth-order valence-corrected chi connectivity index (χ4v) is 3.19. The number of aromatic nitrogens is 2. The molecule has 0 spiro atoms. The Morgan fingerprint density at radius 3 is 2.96 bits per heavy atom. The van der Waals surface area contributed by atoms with E-state index in [1.807, 2.05) is 60.3 Å². The summed E-state index contributed by atoms with van der Waals surface area (Å²) in [5.41, 5.74) is 2.30. The lowest BCUT2D eigenvalue weighted by molar-refractivity contribution is -0.130. The Balaban J connectivity index is 1.55. The van der Waals surface area contributed by atoms with Crippen molar-refractivity contribution in [1.29, 1.82) is 0 Å². The standard InChI is InChI=1S/C20H26N4O/c1-23(14-6-9-17-7-3-2-4-8-17)20(25)16-24-19(11-13-22-24)18-10-5-12-21-15-18/h2-4,6-9,11,13,18,21H,5,10,12,14-16H2,1H3/b9-6+/t18-/m0/s1. The summed E-state index contributed by atoms with van der Waals surface area (Å²) in [5.74, 6) is 0.527. The van der Waals surface area contributed by atoms with Gasteiger partial charge < -0.3 is 10.2 Å². The van der Waals surface area contributed by atoms with Gasteiger partial charge in [-0.25, -0.2) is 0 Å². The molecule has 1 amide bonds. The predicted molar refractivity (Wildman–Crippen MR) is 100 cm³/mol. The summed E-state index contributed by atoms with van der Waals surface area (Å²) >= 11 is 0. The van der Waals surface area contributed by atoms with Gasteiger partial charge in [0.25, 0.3) is 0 Å². The van der Waals surface area contributed by atoms with E-state index in [0.29, 0.717) is 19.0 Å². The largest absolute Gasteiger partial charge is 0.340 e. The molecule has 2 heterocycles. The number of likely N-dealkylation sites (N-methyl/N-ethyl adjacent to an activating group) is 1. The first-order valence-electron chi connectivity index (χ1n) is 8.92. The highest BCUT2D eigenvalue weighted by atomic mass is 16.2. The molecule has 1 aromatic heterocycles. The van der Waals surface area contributed by atoms with Gasteiger partial charge in [-0.15, -0.1) is 0 Å². The zero-order valence-corrected chi connectivity index (χ0v) is 14.8. The molecule has 0 aliphatic carbocycles. The van der Waals surface area contributed by atoms with Gasteiger partial charge in [-0.1, -0.05) is 42.5 Å². The molecular weight excluding hydrogens is 312 g/mol. The first-order valence-corrected chi connectivity index (χ1v) is 8.92. The third-order valence-electron chi connectivity index (χ3n) is 4.66. The van der Waals surface area contributed by atoms with E-state index in [1.54, 1.807) is 11.1 Å². The number of piperidine rings is 1. The lowest BCUT2D eigenvalue weighted by Crippen LogP contribution is -2.33. The molecule has 132 valence electrons. The monoisotopic (exact) mass is 338 g/mol. The summed E-state index contributed by atoms with van der Waals surface area (Å²) in [4.78, 5) is 14.2. The summed E-state index contributed by atoms with van der Waals surface area (Å²) in [6.45, 7) is 2.94. The van der Waals surface area contributed by atoms with Gasteiger partial charge in [-0.3, -0.25) is 9.48 Å². The molecule has 0 radical (unpaired) electrons. The van der Waals surface area contributed by atoms with Gasteiger partial charge in [0.15, 0.2) is 0 Å². The number of rotatable bonds is 6. The van der Waals surface area contributed by atoms with E-state index in [4.69, 9.17) is 0 Å². The van der Waals surface area contributed by atoms with Gasteiger partial charge in [-0.05, 0) is 31.0 Å². The molecule has 5 nitrogen and oxygen atoms in total. The van der Waals surface area contributed by atoms with Crippen LogP contribution in [0.1, 0.15) is 30.0 Å². The second kappa shape index (κ2) is 8.62. The molecule has 0 bridgehead atoms. The molecule has 1 aliphatic rings. The van der Waals surface area contributed by atoms with Crippen LogP contribution in [-0.2, 0) is 11.3 Å². The van der Waals surface area contributed by atoms with Gasteiger partial charge >= 0.3 is 0 Å². The van der Waals surface area contributed by atoms with Crippen molar-refractivity contribution in [2.24, 2.45) is 0 Å². The molecule has 1 atom stereocenters. The van der Waals surface area contributed by atoms with Crippen LogP contribution in [-0.4, -0.2) is 47.3 Å². The predicted octanol–water partition coefficient (Wildman–Crippen LogP) is 2.52. The Hall–Kier alpha value is -2.40. The van der Waals surface area contributed by atoms with Crippen LogP contribution < -0.4 is 5.32 Å². The van der Waals surface area contributed by atoms with Crippen molar-refractivity contribution in [3.8, 4) is 0 Å². The fraction of sp³-hybridized carbons (Fsp3) is 0.400. The lowest BCUT2D eigenvalue weighted by Gasteiger charge is -2.24. The van der Waals surface area contributed by atoms with Crippen LogP contribution in [0.3, 0.4) is 0 Å². The van der Waals surface area contributed by atoms with Crippen molar-refractivity contribution in [3.05, 3.63) is 59.9 Å². The van der Waals surface area contributed by atoms with Crippen LogP contribution in [0.5, 0.6) is 0 Å². The first kappa shape index (κ1) is 17.4. The topological polar surface area (TPSA) is 50.2 Å². The smallest absolute Gasteiger partial charge is 0.244 e. The molecule has 1 fully saturated rings. The normalized spacial score (nSPS) is 17.7. The Kier molecular flexibility index (Phi) is 6.01. The number of benzene rings is 1. The summed E-state index contributed by atoms with van der Waals surface area (Å²) in [6, 6.07) is 12.2. The summed E-state index contributed by atoms with van der Waals surface area (Å²) < 4.78 is 1.86. The van der Waals surface area contributed by atoms with Crippen molar-refractivity contribution < 1.29 is 4.79 Å². The van der Waals surface area contributed by atoms with Crippen molar-refractivity contribution in [3.63, 3.8) is 0 Å². The Bertz CT molecular complexity index is 701. The average molecular weight is 338 g/mol. The van der Waals surface area contributed by atoms with E-state index >= 15 is 0 Å². The minimum atomic E-state index is 0.0754. The van der Waals surface area contributed by atoms with Crippen LogP contribution in [0.25, 0.3) is 6.08 Å². The van der Waals surface area contributed by atoms with E-state index in [1.165, 1.54) is 6.42 Å². The second-order valence-corrected chi connectivity index (χ2v) is 6.54. The Morgan fingerprint density at radius 2 is 2.20 bits per heavy atom. The zero-order chi connectivity index (χ0) is 17.5. The number of hydrogen-bond donors (Lipinski definition) is 1. The molecule has 2 aromatic rings. The molecule has 3 rings (SSSR count). The van der Waals surface area contributed by atoms with Crippen LogP contribution >= 0.6 is 0 Å². The number of carbonyl (C=O) groups excluding carboxylic acids is 1. The fourth-order valence-electron chi connectivity index (χ4n) is 3.19. The van der Waals surface area contributed by atoms with Crippen molar-refractivity contribution in [2.45, 2.75) is 25.3 Å². The van der Waals surface area contributed by atoms with Gasteiger partial charge in [0.1, 0.15) is 6.54 Å². The van der Waals surface area contributed by atoms with Crippen molar-refractivity contribution >= 4 is 12.0 Å². The van der Waals surface area contributed by atoms with E-state index < -0.39 is 0 Å². The third kappa shape index (κ3) is 4.79. The molecule has 0 saturated carbocycles. The number of nitrogens with zero attached hydrogens (tertiary/aromatic N) is 3. The maximum Gasteiger partial charge on any atom is 0.244 e. The Labute approximate surface area is 149 Å². The van der Waals surface area contributed by atoms with E-state index in [-0.39, 0.29) is 5.91 Å². The van der Waals surface area contributed by atoms with E-state index in [0.717, 1.165) is 30.8 Å². The molecular formula is C20H26N4O. The van der Waals surface area contributed by atoms with Gasteiger partial charge in [0.2, 0.25) is 5.91 Å². The van der Waals surface area contributed by atoms with E-state index in [2.05, 4.69) is 10.4 Å². The molecule has 0 unspecified atom stereocenters. The molecule has 1 saturated heterocycles. The van der Waals surface area contributed by atoms with Crippen LogP contribution in [0.15, 0.2) is 48.7 Å². The molecule has 1 N–H and O–H groups in total. The van der Waals surface area contributed by atoms with Gasteiger partial charge in [-0.2, -0.15) is 5.10 Å². The minimum absolute atomic E-state index is 0.0754. The number of hydrogen-bond acceptors (Lipinski definition) is 3. The second-order valence-electron chi connectivity index (χ2n) is 6.54. The lowest BCUT2D eigenvalue weighted by atomic mass is 9.96. The molecule has 1 aromatic carbocycles. The van der Waals surface area contributed by atoms with Gasteiger partial charge in [0.05, 0.1) is 0 Å². The zero-order valence-electron chi connectivity index (χ0n) is 14.8. The van der Waals surface area contributed by atoms with Crippen LogP contribution in [0.4, 0.5) is 0 Å². The maximum absolute atomic E-state index is 12.5. The quantitative estimate of drug-likeness (QED) is 0.880. The summed E-state index contributed by atoms with van der Waals surface area (Å²) in [6.07, 6.45) is 8.18. The highest BCUT2D eigenvalue weighted by molar-refractivity contribution is 5.76. The number of amides is 1. The van der Waals surface area contributed by atoms with Crippen molar-refractivity contribution in [1.82, 2.24) is 20.0 Å². The maximum atomic E-state index is 12.5. The summed E-state index contributed by atoms with van der Waals surface area (Å²) in [5, 5.41) is 7.79. The first-order chi connectivity index (χ1) is 12.2. The highest BCUT2D eigenvalue weighted by Crippen LogP contribution is 2.22. The summed E-state index contributed by atoms with van der Waals surface area (Å²) in [7, 11) is 1.84. The van der Waals surface area contributed by atoms with Crippen LogP contribution in [0.2, 0.25) is 0 Å². The van der Waals surface area contributed by atoms with Gasteiger partial charge in [0, 0.05) is 37.9 Å². The highest BCUT2D eigenvalue weighted by Gasteiger charge is 2.20. The molecule has 25 heavy (non-hydrogen) atoms. The molecule has 1 aliphatic heterocycles. The SMILES string of the molecule is CN(C/C=C/c1ccccc1)C(=O)Cn1nccc1[C@H]1CCCNC1.